The fourth-order valence-corrected chi connectivity index (χ4v) is 8.21. The van der Waals surface area contributed by atoms with E-state index in [2.05, 4.69) is 26.6 Å². The van der Waals surface area contributed by atoms with Gasteiger partial charge in [-0.15, -0.1) is 0 Å². The van der Waals surface area contributed by atoms with Crippen molar-refractivity contribution in [1.82, 2.24) is 31.5 Å². The number of aliphatic hydroxyl groups is 1. The van der Waals surface area contributed by atoms with E-state index in [-0.39, 0.29) is 64.6 Å². The third-order valence-electron chi connectivity index (χ3n) is 11.7. The van der Waals surface area contributed by atoms with E-state index in [0.29, 0.717) is 50.1 Å². The molecule has 0 spiro atoms. The Morgan fingerprint density at radius 1 is 0.800 bits per heavy atom. The van der Waals surface area contributed by atoms with Crippen LogP contribution in [0.4, 0.5) is 0 Å². The molecule has 0 saturated carbocycles. The lowest BCUT2D eigenvalue weighted by atomic mass is 9.74. The third-order valence-corrected chi connectivity index (χ3v) is 11.7. The number of aliphatic hydroxyl groups excluding tert-OH is 1. The highest BCUT2D eigenvalue weighted by Gasteiger charge is 2.44. The van der Waals surface area contributed by atoms with E-state index >= 15 is 0 Å². The van der Waals surface area contributed by atoms with E-state index in [0.717, 1.165) is 33.9 Å². The van der Waals surface area contributed by atoms with E-state index in [1.54, 1.807) is 29.2 Å². The molecule has 0 unspecified atom stereocenters. The fourth-order valence-electron chi connectivity index (χ4n) is 8.21. The van der Waals surface area contributed by atoms with Crippen LogP contribution in [-0.4, -0.2) is 103 Å². The molecule has 6 rings (SSSR count). The summed E-state index contributed by atoms with van der Waals surface area (Å²) in [6.45, 7) is 1.48. The largest absolute Gasteiger partial charge is 0.392 e. The lowest BCUT2D eigenvalue weighted by molar-refractivity contribution is -0.141. The van der Waals surface area contributed by atoms with Crippen molar-refractivity contribution in [2.24, 2.45) is 11.1 Å². The number of ether oxygens (including phenoxy) is 1. The second kappa shape index (κ2) is 23.8. The minimum absolute atomic E-state index is 0.0105. The first-order valence-corrected chi connectivity index (χ1v) is 22.1. The van der Waals surface area contributed by atoms with Crippen LogP contribution in [-0.2, 0) is 65.9 Å². The Hall–Kier alpha value is -6.68. The van der Waals surface area contributed by atoms with Crippen LogP contribution in [0.25, 0.3) is 11.1 Å². The van der Waals surface area contributed by atoms with E-state index in [1.165, 1.54) is 6.08 Å². The molecule has 4 aromatic carbocycles. The maximum Gasteiger partial charge on any atom is 0.246 e. The summed E-state index contributed by atoms with van der Waals surface area (Å²) in [5, 5.41) is 23.9. The standard InChI is InChI=1S/C50H59N7O8/c51-23-27-65-28-25-53-47(62)42-21-24-52-44(59)19-20-46(61)57-26-6-22-50(34-57,31-36-7-2-1-3-8-36)49(64)56-43(48(63)54-32-41-10-5-4-9-40(41)30-45(60)55-42)29-35-11-15-38(16-12-35)39-17-13-37(33-58)14-18-39/h1-5,7-20,42-43,58H,6,21-34,51H2,(H,52,59)(H,53,62)(H,54,63)(H,55,60)(H,56,64)/b20-19+/t42-,43-,50-/m0/s1. The molecular formula is C50H59N7O8. The van der Waals surface area contributed by atoms with Crippen molar-refractivity contribution in [2.75, 3.05) is 45.9 Å². The first-order chi connectivity index (χ1) is 31.6. The number of piperidine rings is 1. The van der Waals surface area contributed by atoms with E-state index in [1.807, 2.05) is 78.9 Å². The summed E-state index contributed by atoms with van der Waals surface area (Å²) >= 11 is 0. The molecule has 1 saturated heterocycles. The first-order valence-electron chi connectivity index (χ1n) is 22.1. The van der Waals surface area contributed by atoms with Crippen molar-refractivity contribution in [2.45, 2.75) is 63.8 Å². The van der Waals surface area contributed by atoms with Crippen LogP contribution >= 0.6 is 0 Å². The number of nitrogens with zero attached hydrogens (tertiary/aromatic N) is 1. The van der Waals surface area contributed by atoms with Crippen LogP contribution in [0.15, 0.2) is 115 Å². The minimum Gasteiger partial charge on any atom is -0.392 e. The zero-order chi connectivity index (χ0) is 46.0. The summed E-state index contributed by atoms with van der Waals surface area (Å²) in [6.07, 6.45) is 3.64. The Balaban J connectivity index is 1.30. The molecule has 342 valence electrons. The number of benzene rings is 4. The molecule has 2 heterocycles. The van der Waals surface area contributed by atoms with E-state index in [4.69, 9.17) is 10.5 Å². The summed E-state index contributed by atoms with van der Waals surface area (Å²) in [7, 11) is 0. The molecule has 3 atom stereocenters. The van der Waals surface area contributed by atoms with Gasteiger partial charge in [0.05, 0.1) is 31.7 Å². The zero-order valence-corrected chi connectivity index (χ0v) is 36.6. The van der Waals surface area contributed by atoms with Gasteiger partial charge in [0.15, 0.2) is 0 Å². The predicted octanol–water partition coefficient (Wildman–Crippen LogP) is 2.24. The average molecular weight is 886 g/mol. The third kappa shape index (κ3) is 13.9. The molecule has 0 aromatic heterocycles. The van der Waals surface area contributed by atoms with Gasteiger partial charge in [-0.3, -0.25) is 28.8 Å². The van der Waals surface area contributed by atoms with Crippen molar-refractivity contribution in [3.8, 4) is 11.1 Å². The summed E-state index contributed by atoms with van der Waals surface area (Å²) < 4.78 is 5.37. The van der Waals surface area contributed by atoms with Crippen LogP contribution in [0.3, 0.4) is 0 Å². The van der Waals surface area contributed by atoms with Gasteiger partial charge in [0.2, 0.25) is 35.4 Å². The Bertz CT molecular complexity index is 2290. The number of hydrogen-bond acceptors (Lipinski definition) is 9. The number of carbonyl (C=O) groups is 6. The van der Waals surface area contributed by atoms with Gasteiger partial charge in [0, 0.05) is 57.8 Å². The molecule has 15 nitrogen and oxygen atoms in total. The molecule has 2 aliphatic heterocycles. The fraction of sp³-hybridized carbons (Fsp3) is 0.360. The molecule has 65 heavy (non-hydrogen) atoms. The topological polar surface area (TPSA) is 221 Å². The first kappa shape index (κ1) is 47.8. The Labute approximate surface area is 379 Å². The summed E-state index contributed by atoms with van der Waals surface area (Å²) in [6, 6.07) is 30.0. The van der Waals surface area contributed by atoms with Crippen molar-refractivity contribution in [3.63, 3.8) is 0 Å². The van der Waals surface area contributed by atoms with Gasteiger partial charge in [0.25, 0.3) is 0 Å². The number of nitrogens with one attached hydrogen (secondary N) is 5. The van der Waals surface area contributed by atoms with Crippen molar-refractivity contribution in [3.05, 3.63) is 143 Å². The summed E-state index contributed by atoms with van der Waals surface area (Å²) in [5.74, 6) is -2.75. The van der Waals surface area contributed by atoms with E-state index in [9.17, 15) is 33.9 Å². The van der Waals surface area contributed by atoms with Gasteiger partial charge in [0.1, 0.15) is 12.1 Å². The molecule has 4 aromatic rings. The van der Waals surface area contributed by atoms with Gasteiger partial charge < -0.3 is 47.1 Å². The molecule has 15 heteroatoms. The molecule has 2 aliphatic rings. The normalized spacial score (nSPS) is 20.7. The van der Waals surface area contributed by atoms with Crippen molar-refractivity contribution >= 4 is 35.4 Å². The maximum absolute atomic E-state index is 14.9. The Morgan fingerprint density at radius 2 is 1.49 bits per heavy atom. The van der Waals surface area contributed by atoms with Gasteiger partial charge in [-0.2, -0.15) is 0 Å². The van der Waals surface area contributed by atoms with Crippen LogP contribution < -0.4 is 32.3 Å². The molecule has 6 amide bonds. The maximum atomic E-state index is 14.9. The highest BCUT2D eigenvalue weighted by atomic mass is 16.5. The summed E-state index contributed by atoms with van der Waals surface area (Å²) in [4.78, 5) is 84.4. The van der Waals surface area contributed by atoms with Gasteiger partial charge in [-0.25, -0.2) is 0 Å². The smallest absolute Gasteiger partial charge is 0.246 e. The Kier molecular flexibility index (Phi) is 17.5. The predicted molar refractivity (Wildman–Crippen MR) is 245 cm³/mol. The van der Waals surface area contributed by atoms with Gasteiger partial charge in [-0.1, -0.05) is 103 Å². The SMILES string of the molecule is NCCOCCNC(=O)[C@@H]1CCNC(=O)/C=C/C(=O)N2CCC[C@](Cc3ccccc3)(C2)C(=O)N[C@@H](Cc2ccc(-c3ccc(CO)cc3)cc2)C(=O)NCc2ccccc2CC(=O)N1. The lowest BCUT2D eigenvalue weighted by Crippen LogP contribution is -2.58. The van der Waals surface area contributed by atoms with Crippen LogP contribution in [0, 0.1) is 5.41 Å². The number of nitrogens with two attached hydrogens (primary N) is 1. The Morgan fingerprint density at radius 3 is 2.20 bits per heavy atom. The number of hydrogen-bond donors (Lipinski definition) is 7. The number of carbonyl (C=O) groups excluding carboxylic acids is 6. The molecule has 0 aliphatic carbocycles. The summed E-state index contributed by atoms with van der Waals surface area (Å²) in [5.41, 5.74) is 10.0. The second-order valence-electron chi connectivity index (χ2n) is 16.5. The number of amides is 6. The molecule has 8 N–H and O–H groups in total. The highest BCUT2D eigenvalue weighted by molar-refractivity contribution is 5.97. The minimum atomic E-state index is -1.11. The monoisotopic (exact) mass is 885 g/mol. The van der Waals surface area contributed by atoms with Crippen LogP contribution in [0.2, 0.25) is 0 Å². The zero-order valence-electron chi connectivity index (χ0n) is 36.6. The quantitative estimate of drug-likeness (QED) is 0.104. The molecule has 2 bridgehead atoms. The lowest BCUT2D eigenvalue weighted by Gasteiger charge is -2.42. The van der Waals surface area contributed by atoms with Gasteiger partial charge >= 0.3 is 0 Å². The highest BCUT2D eigenvalue weighted by Crippen LogP contribution is 2.35. The van der Waals surface area contributed by atoms with Crippen molar-refractivity contribution in [1.29, 1.82) is 0 Å². The van der Waals surface area contributed by atoms with Gasteiger partial charge in [-0.05, 0) is 64.6 Å². The number of rotatable bonds is 12. The molecular weight excluding hydrogens is 827 g/mol. The number of fused-ring (bicyclic) bond motifs is 3. The average Bonchev–Trinajstić information content (AvgIpc) is 3.32. The molecule has 1 fully saturated rings. The van der Waals surface area contributed by atoms with E-state index < -0.39 is 47.0 Å². The second-order valence-corrected chi connectivity index (χ2v) is 16.5. The van der Waals surface area contributed by atoms with Crippen LogP contribution in [0.1, 0.15) is 47.1 Å². The van der Waals surface area contributed by atoms with Crippen LogP contribution in [0.5, 0.6) is 0 Å². The molecule has 0 radical (unpaired) electrons. The van der Waals surface area contributed by atoms with Crippen molar-refractivity contribution < 1.29 is 38.6 Å².